The first-order valence-electron chi connectivity index (χ1n) is 6.08. The third-order valence-corrected chi connectivity index (χ3v) is 3.58. The Morgan fingerprint density at radius 3 is 3.00 bits per heavy atom. The Morgan fingerprint density at radius 1 is 1.42 bits per heavy atom. The molecule has 5 heteroatoms. The fourth-order valence-corrected chi connectivity index (χ4v) is 2.50. The van der Waals surface area contributed by atoms with E-state index in [9.17, 15) is 4.79 Å². The Hall–Kier alpha value is -1.59. The molecule has 2 aromatic rings. The second kappa shape index (κ2) is 6.54. The van der Waals surface area contributed by atoms with Crippen LogP contribution in [0, 0.1) is 0 Å². The van der Waals surface area contributed by atoms with Gasteiger partial charge in [0, 0.05) is 18.1 Å². The number of nitrogens with one attached hydrogen (secondary N) is 1. The lowest BCUT2D eigenvalue weighted by atomic mass is 10.2. The molecule has 1 amide bonds. The van der Waals surface area contributed by atoms with Gasteiger partial charge in [0.15, 0.2) is 0 Å². The first-order valence-corrected chi connectivity index (χ1v) is 7.06. The molecule has 0 aliphatic carbocycles. The van der Waals surface area contributed by atoms with Crippen LogP contribution in [0.4, 0.5) is 0 Å². The number of thioether (sulfide) groups is 1. The highest BCUT2D eigenvalue weighted by atomic mass is 32.2. The van der Waals surface area contributed by atoms with Gasteiger partial charge in [0.25, 0.3) is 0 Å². The zero-order chi connectivity index (χ0) is 13.7. The number of hydrogen-bond donors (Lipinski definition) is 2. The van der Waals surface area contributed by atoms with Crippen molar-refractivity contribution in [2.24, 2.45) is 0 Å². The third-order valence-electron chi connectivity index (χ3n) is 2.57. The van der Waals surface area contributed by atoms with E-state index >= 15 is 0 Å². The highest BCUT2D eigenvalue weighted by Gasteiger charge is 2.07. The van der Waals surface area contributed by atoms with Crippen LogP contribution in [-0.4, -0.2) is 34.4 Å². The highest BCUT2D eigenvalue weighted by molar-refractivity contribution is 8.00. The van der Waals surface area contributed by atoms with Gasteiger partial charge < -0.3 is 10.4 Å². The number of nitrogens with zero attached hydrogens (tertiary/aromatic N) is 1. The molecule has 0 saturated heterocycles. The van der Waals surface area contributed by atoms with Gasteiger partial charge in [0.1, 0.15) is 5.03 Å². The smallest absolute Gasteiger partial charge is 0.230 e. The molecule has 0 bridgehead atoms. The molecule has 1 aromatic carbocycles. The summed E-state index contributed by atoms with van der Waals surface area (Å²) in [6, 6.07) is 9.91. The Bertz CT molecular complexity index is 567. The summed E-state index contributed by atoms with van der Waals surface area (Å²) in [5.41, 5.74) is 0. The number of carbonyl (C=O) groups is 1. The molecule has 0 radical (unpaired) electrons. The first-order chi connectivity index (χ1) is 9.16. The van der Waals surface area contributed by atoms with Crippen LogP contribution in [0.2, 0.25) is 0 Å². The Balaban J connectivity index is 2.00. The fraction of sp³-hybridized carbons (Fsp3) is 0.286. The summed E-state index contributed by atoms with van der Waals surface area (Å²) < 4.78 is 0. The van der Waals surface area contributed by atoms with Gasteiger partial charge in [-0.3, -0.25) is 4.79 Å². The minimum Gasteiger partial charge on any atom is -0.392 e. The van der Waals surface area contributed by atoms with Crippen LogP contribution in [0.25, 0.3) is 10.8 Å². The topological polar surface area (TPSA) is 62.2 Å². The minimum absolute atomic E-state index is 0.0966. The van der Waals surface area contributed by atoms with E-state index in [-0.39, 0.29) is 12.5 Å². The molecule has 4 nitrogen and oxygen atoms in total. The van der Waals surface area contributed by atoms with Crippen LogP contribution in [0.3, 0.4) is 0 Å². The third kappa shape index (κ3) is 3.94. The van der Waals surface area contributed by atoms with Crippen molar-refractivity contribution in [2.75, 3.05) is 12.3 Å². The van der Waals surface area contributed by atoms with Gasteiger partial charge in [-0.05, 0) is 18.4 Å². The first kappa shape index (κ1) is 13.8. The number of fused-ring (bicyclic) bond motifs is 1. The highest BCUT2D eigenvalue weighted by Crippen LogP contribution is 2.24. The van der Waals surface area contributed by atoms with Gasteiger partial charge in [-0.1, -0.05) is 36.0 Å². The monoisotopic (exact) mass is 276 g/mol. The lowest BCUT2D eigenvalue weighted by molar-refractivity contribution is -0.118. The predicted molar refractivity (Wildman–Crippen MR) is 77.2 cm³/mol. The zero-order valence-electron chi connectivity index (χ0n) is 10.7. The van der Waals surface area contributed by atoms with E-state index in [0.717, 1.165) is 15.8 Å². The van der Waals surface area contributed by atoms with Crippen LogP contribution in [0.1, 0.15) is 6.92 Å². The molecule has 19 heavy (non-hydrogen) atoms. The number of carbonyl (C=O) groups excluding carboxylic acids is 1. The fourth-order valence-electron chi connectivity index (χ4n) is 1.65. The number of amides is 1. The molecule has 0 unspecified atom stereocenters. The molecule has 0 saturated carbocycles. The van der Waals surface area contributed by atoms with Crippen molar-refractivity contribution < 1.29 is 9.90 Å². The van der Waals surface area contributed by atoms with E-state index in [1.807, 2.05) is 30.3 Å². The van der Waals surface area contributed by atoms with Crippen molar-refractivity contribution in [1.29, 1.82) is 0 Å². The number of hydrogen-bond acceptors (Lipinski definition) is 4. The molecule has 1 atom stereocenters. The summed E-state index contributed by atoms with van der Waals surface area (Å²) in [6.45, 7) is 1.92. The SMILES string of the molecule is C[C@H](O)CNC(=O)CSc1nccc2ccccc12. The lowest BCUT2D eigenvalue weighted by Crippen LogP contribution is -2.31. The van der Waals surface area contributed by atoms with Crippen molar-refractivity contribution in [2.45, 2.75) is 18.1 Å². The number of aliphatic hydroxyl groups excluding tert-OH is 1. The predicted octanol–water partition coefficient (Wildman–Crippen LogP) is 1.82. The second-order valence-electron chi connectivity index (χ2n) is 4.28. The van der Waals surface area contributed by atoms with Gasteiger partial charge in [-0.25, -0.2) is 4.98 Å². The Labute approximate surface area is 116 Å². The summed E-state index contributed by atoms with van der Waals surface area (Å²) >= 11 is 1.40. The van der Waals surface area contributed by atoms with Crippen LogP contribution in [0.5, 0.6) is 0 Å². The minimum atomic E-state index is -0.523. The molecule has 0 spiro atoms. The molecule has 0 aliphatic heterocycles. The van der Waals surface area contributed by atoms with Gasteiger partial charge in [-0.2, -0.15) is 0 Å². The number of aliphatic hydroxyl groups is 1. The van der Waals surface area contributed by atoms with Gasteiger partial charge >= 0.3 is 0 Å². The summed E-state index contributed by atoms with van der Waals surface area (Å²) in [5.74, 6) is 0.203. The molecular weight excluding hydrogens is 260 g/mol. The largest absolute Gasteiger partial charge is 0.392 e. The van der Waals surface area contributed by atoms with Crippen LogP contribution < -0.4 is 5.32 Å². The van der Waals surface area contributed by atoms with E-state index in [1.165, 1.54) is 11.8 Å². The average Bonchev–Trinajstić information content (AvgIpc) is 2.42. The van der Waals surface area contributed by atoms with Gasteiger partial charge in [0.05, 0.1) is 11.9 Å². The molecule has 0 aliphatic rings. The van der Waals surface area contributed by atoms with Crippen LogP contribution in [0.15, 0.2) is 41.6 Å². The quantitative estimate of drug-likeness (QED) is 0.818. The average molecular weight is 276 g/mol. The molecule has 2 rings (SSSR count). The standard InChI is InChI=1S/C14H16N2O2S/c1-10(17)8-16-13(18)9-19-14-12-5-3-2-4-11(12)6-7-15-14/h2-7,10,17H,8-9H2,1H3,(H,16,18)/t10-/m0/s1. The van der Waals surface area contributed by atoms with E-state index in [1.54, 1.807) is 13.1 Å². The van der Waals surface area contributed by atoms with Crippen molar-refractivity contribution >= 4 is 28.4 Å². The number of pyridine rings is 1. The molecular formula is C14H16N2O2S. The zero-order valence-corrected chi connectivity index (χ0v) is 11.5. The summed E-state index contributed by atoms with van der Waals surface area (Å²) in [4.78, 5) is 15.9. The molecule has 1 aromatic heterocycles. The van der Waals surface area contributed by atoms with Gasteiger partial charge in [-0.15, -0.1) is 0 Å². The molecule has 1 heterocycles. The normalized spacial score (nSPS) is 12.3. The number of benzene rings is 1. The summed E-state index contributed by atoms with van der Waals surface area (Å²) in [7, 11) is 0. The van der Waals surface area contributed by atoms with Gasteiger partial charge in [0.2, 0.25) is 5.91 Å². The van der Waals surface area contributed by atoms with Crippen molar-refractivity contribution in [1.82, 2.24) is 10.3 Å². The van der Waals surface area contributed by atoms with Crippen molar-refractivity contribution in [3.8, 4) is 0 Å². The summed E-state index contributed by atoms with van der Waals surface area (Å²) in [6.07, 6.45) is 1.22. The molecule has 2 N–H and O–H groups in total. The number of aromatic nitrogens is 1. The summed E-state index contributed by atoms with van der Waals surface area (Å²) in [5, 5.41) is 14.8. The maximum atomic E-state index is 11.6. The van der Waals surface area contributed by atoms with E-state index in [0.29, 0.717) is 5.75 Å². The number of rotatable bonds is 5. The maximum Gasteiger partial charge on any atom is 0.230 e. The maximum absolute atomic E-state index is 11.6. The van der Waals surface area contributed by atoms with E-state index in [4.69, 9.17) is 5.11 Å². The van der Waals surface area contributed by atoms with Crippen molar-refractivity contribution in [3.05, 3.63) is 36.5 Å². The molecule has 0 fully saturated rings. The lowest BCUT2D eigenvalue weighted by Gasteiger charge is -2.07. The van der Waals surface area contributed by atoms with E-state index < -0.39 is 6.10 Å². The second-order valence-corrected chi connectivity index (χ2v) is 5.24. The van der Waals surface area contributed by atoms with Crippen LogP contribution >= 0.6 is 11.8 Å². The van der Waals surface area contributed by atoms with E-state index in [2.05, 4.69) is 10.3 Å². The Kier molecular flexibility index (Phi) is 4.76. The van der Waals surface area contributed by atoms with Crippen LogP contribution in [-0.2, 0) is 4.79 Å². The molecule has 100 valence electrons. The van der Waals surface area contributed by atoms with Crippen molar-refractivity contribution in [3.63, 3.8) is 0 Å². The Morgan fingerprint density at radius 2 is 2.21 bits per heavy atom.